The number of nitrogens with two attached hydrogens (primary N) is 2. The van der Waals surface area contributed by atoms with Gasteiger partial charge in [-0.3, -0.25) is 4.79 Å². The molecule has 0 radical (unpaired) electrons. The summed E-state index contributed by atoms with van der Waals surface area (Å²) in [5, 5.41) is 0. The molecule has 0 aliphatic heterocycles. The quantitative estimate of drug-likeness (QED) is 0.775. The monoisotopic (exact) mass is 332 g/mol. The summed E-state index contributed by atoms with van der Waals surface area (Å²) in [6, 6.07) is 3.12. The first-order chi connectivity index (χ1) is 8.99. The van der Waals surface area contributed by atoms with E-state index >= 15 is 0 Å². The molecule has 1 aromatic rings. The Morgan fingerprint density at radius 2 is 1.89 bits per heavy atom. The third-order valence-corrected chi connectivity index (χ3v) is 3.13. The summed E-state index contributed by atoms with van der Waals surface area (Å²) in [5.74, 6) is 0.646. The number of halogens is 1. The summed E-state index contributed by atoms with van der Waals surface area (Å²) in [6.07, 6.45) is 0. The molecule has 106 valence electrons. The molecule has 1 amide bonds. The van der Waals surface area contributed by atoms with Crippen molar-refractivity contribution in [3.63, 3.8) is 0 Å². The average molecular weight is 333 g/mol. The van der Waals surface area contributed by atoms with E-state index in [0.717, 1.165) is 10.0 Å². The second-order valence-electron chi connectivity index (χ2n) is 3.82. The number of carbonyl (C=O) groups is 1. The molecule has 1 rings (SSSR count). The lowest BCUT2D eigenvalue weighted by Gasteiger charge is -2.17. The van der Waals surface area contributed by atoms with Crippen LogP contribution in [-0.2, 0) is 9.53 Å². The molecule has 1 unspecified atom stereocenters. The topological polar surface area (TPSA) is 96.8 Å². The molecule has 0 aromatic heterocycles. The number of methoxy groups -OCH3 is 2. The van der Waals surface area contributed by atoms with Gasteiger partial charge in [-0.15, -0.1) is 0 Å². The Labute approximate surface area is 120 Å². The lowest BCUT2D eigenvalue weighted by atomic mass is 10.1. The standard InChI is InChI=1S/C12H17BrN2O4/c1-17-10-3-7(8(13)4-11(10)18-2)9(14)5-19-6-12(15)16/h3-4,9H,5-6,14H2,1-2H3,(H2,15,16). The Morgan fingerprint density at radius 1 is 1.32 bits per heavy atom. The molecule has 0 aliphatic carbocycles. The molecule has 6 nitrogen and oxygen atoms in total. The van der Waals surface area contributed by atoms with Gasteiger partial charge in [0.05, 0.1) is 26.9 Å². The average Bonchev–Trinajstić information content (AvgIpc) is 2.37. The molecule has 0 fully saturated rings. The molecule has 19 heavy (non-hydrogen) atoms. The van der Waals surface area contributed by atoms with E-state index in [2.05, 4.69) is 15.9 Å². The summed E-state index contributed by atoms with van der Waals surface area (Å²) in [5.41, 5.74) is 11.8. The van der Waals surface area contributed by atoms with E-state index in [4.69, 9.17) is 25.7 Å². The first-order valence-corrected chi connectivity index (χ1v) is 6.32. The summed E-state index contributed by atoms with van der Waals surface area (Å²) >= 11 is 3.41. The fraction of sp³-hybridized carbons (Fsp3) is 0.417. The molecule has 0 bridgehead atoms. The van der Waals surface area contributed by atoms with Crippen LogP contribution in [0.3, 0.4) is 0 Å². The normalized spacial score (nSPS) is 12.0. The highest BCUT2D eigenvalue weighted by Gasteiger charge is 2.15. The molecule has 7 heteroatoms. The zero-order valence-corrected chi connectivity index (χ0v) is 12.4. The van der Waals surface area contributed by atoms with Crippen LogP contribution < -0.4 is 20.9 Å². The van der Waals surface area contributed by atoms with Crippen molar-refractivity contribution >= 4 is 21.8 Å². The zero-order chi connectivity index (χ0) is 14.4. The first-order valence-electron chi connectivity index (χ1n) is 5.52. The minimum Gasteiger partial charge on any atom is -0.493 e. The molecule has 0 aliphatic rings. The van der Waals surface area contributed by atoms with E-state index in [1.165, 1.54) is 0 Å². The van der Waals surface area contributed by atoms with Gasteiger partial charge in [-0.1, -0.05) is 15.9 Å². The van der Waals surface area contributed by atoms with Crippen molar-refractivity contribution in [2.45, 2.75) is 6.04 Å². The fourth-order valence-corrected chi connectivity index (χ4v) is 2.15. The minimum absolute atomic E-state index is 0.154. The number of amides is 1. The van der Waals surface area contributed by atoms with Gasteiger partial charge in [0.15, 0.2) is 11.5 Å². The van der Waals surface area contributed by atoms with Crippen LogP contribution >= 0.6 is 15.9 Å². The second kappa shape index (κ2) is 7.32. The van der Waals surface area contributed by atoms with E-state index < -0.39 is 11.9 Å². The summed E-state index contributed by atoms with van der Waals surface area (Å²) < 4.78 is 16.3. The Morgan fingerprint density at radius 3 is 2.42 bits per heavy atom. The lowest BCUT2D eigenvalue weighted by Crippen LogP contribution is -2.23. The third kappa shape index (κ3) is 4.38. The van der Waals surface area contributed by atoms with Gasteiger partial charge in [0.1, 0.15) is 6.61 Å². The largest absolute Gasteiger partial charge is 0.493 e. The van der Waals surface area contributed by atoms with Gasteiger partial charge in [0.25, 0.3) is 0 Å². The van der Waals surface area contributed by atoms with Crippen molar-refractivity contribution in [3.05, 3.63) is 22.2 Å². The Bertz CT molecular complexity index is 454. The smallest absolute Gasteiger partial charge is 0.243 e. The zero-order valence-electron chi connectivity index (χ0n) is 10.8. The van der Waals surface area contributed by atoms with Gasteiger partial charge in [-0.2, -0.15) is 0 Å². The van der Waals surface area contributed by atoms with Crippen LogP contribution in [0.5, 0.6) is 11.5 Å². The van der Waals surface area contributed by atoms with Crippen molar-refractivity contribution < 1.29 is 19.0 Å². The molecular weight excluding hydrogens is 316 g/mol. The molecule has 0 saturated heterocycles. The van der Waals surface area contributed by atoms with Gasteiger partial charge < -0.3 is 25.7 Å². The van der Waals surface area contributed by atoms with Gasteiger partial charge in [-0.25, -0.2) is 0 Å². The molecule has 0 saturated carbocycles. The number of primary amides is 1. The minimum atomic E-state index is -0.529. The highest BCUT2D eigenvalue weighted by atomic mass is 79.9. The molecule has 1 aromatic carbocycles. The van der Waals surface area contributed by atoms with E-state index in [-0.39, 0.29) is 13.2 Å². The molecule has 0 spiro atoms. The second-order valence-corrected chi connectivity index (χ2v) is 4.67. The number of hydrogen-bond donors (Lipinski definition) is 2. The highest BCUT2D eigenvalue weighted by Crippen LogP contribution is 2.35. The van der Waals surface area contributed by atoms with Gasteiger partial charge in [-0.05, 0) is 17.7 Å². The van der Waals surface area contributed by atoms with Crippen LogP contribution in [-0.4, -0.2) is 33.3 Å². The highest BCUT2D eigenvalue weighted by molar-refractivity contribution is 9.10. The summed E-state index contributed by atoms with van der Waals surface area (Å²) in [7, 11) is 3.10. The third-order valence-electron chi connectivity index (χ3n) is 2.44. The maximum absolute atomic E-state index is 10.6. The van der Waals surface area contributed by atoms with E-state index in [0.29, 0.717) is 11.5 Å². The fourth-order valence-electron chi connectivity index (χ4n) is 1.53. The van der Waals surface area contributed by atoms with Crippen LogP contribution in [0.4, 0.5) is 0 Å². The number of hydrogen-bond acceptors (Lipinski definition) is 5. The van der Waals surface area contributed by atoms with Crippen LogP contribution in [0.2, 0.25) is 0 Å². The SMILES string of the molecule is COc1cc(Br)c(C(N)COCC(N)=O)cc1OC. The molecule has 4 N–H and O–H groups in total. The van der Waals surface area contributed by atoms with Crippen molar-refractivity contribution in [2.75, 3.05) is 27.4 Å². The number of rotatable bonds is 7. The Balaban J connectivity index is 2.84. The van der Waals surface area contributed by atoms with Crippen molar-refractivity contribution in [3.8, 4) is 11.5 Å². The lowest BCUT2D eigenvalue weighted by molar-refractivity contribution is -0.122. The van der Waals surface area contributed by atoms with Crippen molar-refractivity contribution in [1.82, 2.24) is 0 Å². The van der Waals surface area contributed by atoms with Gasteiger partial charge in [0.2, 0.25) is 5.91 Å². The van der Waals surface area contributed by atoms with Crippen molar-refractivity contribution in [2.24, 2.45) is 11.5 Å². The van der Waals surface area contributed by atoms with Gasteiger partial charge >= 0.3 is 0 Å². The predicted octanol–water partition coefficient (Wildman–Crippen LogP) is 0.968. The van der Waals surface area contributed by atoms with Crippen LogP contribution in [0.1, 0.15) is 11.6 Å². The summed E-state index contributed by atoms with van der Waals surface area (Å²) in [4.78, 5) is 10.6. The number of benzene rings is 1. The Kier molecular flexibility index (Phi) is 6.07. The maximum atomic E-state index is 10.6. The van der Waals surface area contributed by atoms with E-state index in [9.17, 15) is 4.79 Å². The maximum Gasteiger partial charge on any atom is 0.243 e. The Hall–Kier alpha value is -1.31. The first kappa shape index (κ1) is 15.7. The molecule has 0 heterocycles. The predicted molar refractivity (Wildman–Crippen MR) is 74.2 cm³/mol. The van der Waals surface area contributed by atoms with Gasteiger partial charge in [0, 0.05) is 4.47 Å². The molecular formula is C12H17BrN2O4. The van der Waals surface area contributed by atoms with Crippen molar-refractivity contribution in [1.29, 1.82) is 0 Å². The summed E-state index contributed by atoms with van der Waals surface area (Å²) in [6.45, 7) is 0.0234. The number of ether oxygens (including phenoxy) is 3. The van der Waals surface area contributed by atoms with E-state index in [1.807, 2.05) is 0 Å². The van der Waals surface area contributed by atoms with Crippen LogP contribution in [0.25, 0.3) is 0 Å². The van der Waals surface area contributed by atoms with Crippen LogP contribution in [0, 0.1) is 0 Å². The van der Waals surface area contributed by atoms with Crippen LogP contribution in [0.15, 0.2) is 16.6 Å². The molecule has 1 atom stereocenters. The number of carbonyl (C=O) groups excluding carboxylic acids is 1. The van der Waals surface area contributed by atoms with E-state index in [1.54, 1.807) is 26.4 Å².